The maximum absolute atomic E-state index is 10.7. The molecule has 0 aliphatic rings. The molecule has 7 heteroatoms. The van der Waals surface area contributed by atoms with Crippen LogP contribution in [0, 0.1) is 0 Å². The molecule has 0 heterocycles. The molecular weight excluding hydrogens is 213 g/mol. The minimum Gasteiger partial charge on any atom is -0.456 e. The molecule has 0 fully saturated rings. The zero-order valence-electron chi connectivity index (χ0n) is 7.19. The second-order valence-corrected chi connectivity index (χ2v) is 2.10. The maximum Gasteiger partial charge on any atom is 0.328 e. The first-order valence-corrected chi connectivity index (χ1v) is 3.23. The minimum absolute atomic E-state index is 0. The number of carbonyl (C=O) groups excluding carboxylic acids is 2. The van der Waals surface area contributed by atoms with Crippen LogP contribution in [-0.2, 0) is 32.9 Å². The first-order chi connectivity index (χ1) is 5.52. The van der Waals surface area contributed by atoms with Crippen molar-refractivity contribution < 1.29 is 32.9 Å². The summed E-state index contributed by atoms with van der Waals surface area (Å²) in [6.07, 6.45) is 0. The van der Waals surface area contributed by atoms with E-state index in [9.17, 15) is 9.59 Å². The molecule has 0 bridgehead atoms. The van der Waals surface area contributed by atoms with Gasteiger partial charge in [0, 0.05) is 18.6 Å². The van der Waals surface area contributed by atoms with Crippen molar-refractivity contribution in [2.75, 3.05) is 13.2 Å². The van der Waals surface area contributed by atoms with Gasteiger partial charge in [0.1, 0.15) is 13.2 Å². The number of ketones is 1. The number of Topliss-reactive ketones (excluding diaryl/α,β-unsaturated/α-hetero) is 1. The molecule has 0 unspecified atom stereocenters. The van der Waals surface area contributed by atoms with Crippen molar-refractivity contribution >= 4 is 17.7 Å². The van der Waals surface area contributed by atoms with E-state index in [-0.39, 0.29) is 43.5 Å². The Balaban J connectivity index is 0. The Bertz CT molecular complexity index is 213. The smallest absolute Gasteiger partial charge is 0.328 e. The van der Waals surface area contributed by atoms with Gasteiger partial charge in [0.2, 0.25) is 0 Å². The Hall–Kier alpha value is -1.01. The van der Waals surface area contributed by atoms with E-state index in [0.717, 1.165) is 0 Å². The van der Waals surface area contributed by atoms with Crippen molar-refractivity contribution in [3.63, 3.8) is 0 Å². The summed E-state index contributed by atoms with van der Waals surface area (Å²) in [7, 11) is 0. The fourth-order valence-electron chi connectivity index (χ4n) is 0.384. The number of guanidine groups is 1. The molecule has 0 aliphatic heterocycles. The SMILES string of the molecule is CC(=O)COC(=O)CN=C(N)N.[V]. The third kappa shape index (κ3) is 11.0. The molecule has 0 amide bonds. The van der Waals surface area contributed by atoms with Crippen LogP contribution in [0.4, 0.5) is 0 Å². The standard InChI is InChI=1S/C6H11N3O3.V/c1-4(10)3-12-5(11)2-9-6(7)8;/h2-3H2,1H3,(H4,7,8,9);. The Morgan fingerprint density at radius 3 is 2.31 bits per heavy atom. The largest absolute Gasteiger partial charge is 0.456 e. The average Bonchev–Trinajstić information content (AvgIpc) is 1.96. The van der Waals surface area contributed by atoms with Crippen LogP contribution in [-0.4, -0.2) is 30.9 Å². The number of esters is 1. The van der Waals surface area contributed by atoms with Gasteiger partial charge in [0.15, 0.2) is 11.7 Å². The summed E-state index contributed by atoms with van der Waals surface area (Å²) < 4.78 is 4.45. The van der Waals surface area contributed by atoms with Gasteiger partial charge in [0.25, 0.3) is 0 Å². The van der Waals surface area contributed by atoms with E-state index in [2.05, 4.69) is 9.73 Å². The van der Waals surface area contributed by atoms with Crippen molar-refractivity contribution in [3.8, 4) is 0 Å². The van der Waals surface area contributed by atoms with Gasteiger partial charge >= 0.3 is 5.97 Å². The van der Waals surface area contributed by atoms with Crippen molar-refractivity contribution in [1.29, 1.82) is 0 Å². The topological polar surface area (TPSA) is 108 Å². The molecule has 0 atom stereocenters. The summed E-state index contributed by atoms with van der Waals surface area (Å²) in [5.74, 6) is -1.04. The van der Waals surface area contributed by atoms with Gasteiger partial charge < -0.3 is 16.2 Å². The van der Waals surface area contributed by atoms with Crippen molar-refractivity contribution in [3.05, 3.63) is 0 Å². The molecule has 6 nitrogen and oxygen atoms in total. The summed E-state index contributed by atoms with van der Waals surface area (Å²) in [6, 6.07) is 0. The Kier molecular flexibility index (Phi) is 8.52. The summed E-state index contributed by atoms with van der Waals surface area (Å²) in [6.45, 7) is 0.822. The third-order valence-corrected chi connectivity index (χ3v) is 0.827. The zero-order chi connectivity index (χ0) is 9.56. The van der Waals surface area contributed by atoms with Gasteiger partial charge in [0.05, 0.1) is 0 Å². The van der Waals surface area contributed by atoms with Crippen LogP contribution in [0.2, 0.25) is 0 Å². The molecule has 4 N–H and O–H groups in total. The van der Waals surface area contributed by atoms with Crippen LogP contribution >= 0.6 is 0 Å². The number of ether oxygens (including phenoxy) is 1. The summed E-state index contributed by atoms with van der Waals surface area (Å²) in [5, 5.41) is 0. The molecular formula is C6H11N3O3V. The number of rotatable bonds is 4. The predicted molar refractivity (Wildman–Crippen MR) is 42.3 cm³/mol. The monoisotopic (exact) mass is 224 g/mol. The molecule has 1 radical (unpaired) electrons. The van der Waals surface area contributed by atoms with Crippen LogP contribution in [0.5, 0.6) is 0 Å². The molecule has 0 aliphatic carbocycles. The number of hydrogen-bond donors (Lipinski definition) is 2. The van der Waals surface area contributed by atoms with Crippen molar-refractivity contribution in [2.24, 2.45) is 16.5 Å². The number of hydrogen-bond acceptors (Lipinski definition) is 4. The van der Waals surface area contributed by atoms with E-state index in [4.69, 9.17) is 11.5 Å². The molecule has 0 aromatic rings. The molecule has 0 saturated carbocycles. The Morgan fingerprint density at radius 1 is 1.38 bits per heavy atom. The quantitative estimate of drug-likeness (QED) is 0.339. The van der Waals surface area contributed by atoms with Gasteiger partial charge in [-0.05, 0) is 6.92 Å². The van der Waals surface area contributed by atoms with Crippen LogP contribution < -0.4 is 11.5 Å². The van der Waals surface area contributed by atoms with Gasteiger partial charge in [-0.1, -0.05) is 0 Å². The first-order valence-electron chi connectivity index (χ1n) is 3.23. The molecule has 0 saturated heterocycles. The molecule has 0 rings (SSSR count). The third-order valence-electron chi connectivity index (χ3n) is 0.827. The molecule has 0 aromatic heterocycles. The Labute approximate surface area is 87.6 Å². The number of carbonyl (C=O) groups is 2. The maximum atomic E-state index is 10.7. The first kappa shape index (κ1) is 14.5. The number of nitrogens with zero attached hydrogens (tertiary/aromatic N) is 1. The van der Waals surface area contributed by atoms with Crippen LogP contribution in [0.3, 0.4) is 0 Å². The van der Waals surface area contributed by atoms with E-state index >= 15 is 0 Å². The molecule has 0 aromatic carbocycles. The van der Waals surface area contributed by atoms with Gasteiger partial charge in [-0.2, -0.15) is 0 Å². The number of aliphatic imine (C=N–C) groups is 1. The van der Waals surface area contributed by atoms with Crippen LogP contribution in [0.1, 0.15) is 6.92 Å². The van der Waals surface area contributed by atoms with Crippen molar-refractivity contribution in [2.45, 2.75) is 6.92 Å². The summed E-state index contributed by atoms with van der Waals surface area (Å²) >= 11 is 0. The Morgan fingerprint density at radius 2 is 1.92 bits per heavy atom. The molecule has 13 heavy (non-hydrogen) atoms. The second-order valence-electron chi connectivity index (χ2n) is 2.10. The molecule has 73 valence electrons. The van der Waals surface area contributed by atoms with E-state index in [1.165, 1.54) is 6.92 Å². The predicted octanol–water partition coefficient (Wildman–Crippen LogP) is -1.61. The fraction of sp³-hybridized carbons (Fsp3) is 0.500. The average molecular weight is 224 g/mol. The molecule has 0 spiro atoms. The van der Waals surface area contributed by atoms with Gasteiger partial charge in [-0.3, -0.25) is 9.59 Å². The fourth-order valence-corrected chi connectivity index (χ4v) is 0.384. The van der Waals surface area contributed by atoms with Crippen LogP contribution in [0.25, 0.3) is 0 Å². The second kappa shape index (κ2) is 7.63. The van der Waals surface area contributed by atoms with E-state index in [1.54, 1.807) is 0 Å². The van der Waals surface area contributed by atoms with Gasteiger partial charge in [-0.15, -0.1) is 0 Å². The summed E-state index contributed by atoms with van der Waals surface area (Å²) in [5.41, 5.74) is 9.90. The van der Waals surface area contributed by atoms with E-state index < -0.39 is 5.97 Å². The number of nitrogens with two attached hydrogens (primary N) is 2. The zero-order valence-corrected chi connectivity index (χ0v) is 8.58. The normalized spacial score (nSPS) is 8.08. The van der Waals surface area contributed by atoms with E-state index in [0.29, 0.717) is 0 Å². The van der Waals surface area contributed by atoms with E-state index in [1.807, 2.05) is 0 Å². The minimum atomic E-state index is -0.626. The van der Waals surface area contributed by atoms with Crippen LogP contribution in [0.15, 0.2) is 4.99 Å². The van der Waals surface area contributed by atoms with Gasteiger partial charge in [-0.25, -0.2) is 4.99 Å². The van der Waals surface area contributed by atoms with Crippen molar-refractivity contribution in [1.82, 2.24) is 0 Å². The summed E-state index contributed by atoms with van der Waals surface area (Å²) in [4.78, 5) is 24.4.